The van der Waals surface area contributed by atoms with E-state index in [0.717, 1.165) is 23.3 Å². The van der Waals surface area contributed by atoms with Crippen LogP contribution in [0.25, 0.3) is 0 Å². The van der Waals surface area contributed by atoms with Gasteiger partial charge in [-0.2, -0.15) is 11.8 Å². The van der Waals surface area contributed by atoms with Crippen molar-refractivity contribution in [2.24, 2.45) is 0 Å². The van der Waals surface area contributed by atoms with Gasteiger partial charge in [0, 0.05) is 24.1 Å². The molecule has 0 bridgehead atoms. The zero-order chi connectivity index (χ0) is 17.0. The lowest BCUT2D eigenvalue weighted by atomic mass is 10.1. The van der Waals surface area contributed by atoms with E-state index in [4.69, 9.17) is 0 Å². The number of hydrogen-bond donors (Lipinski definition) is 0. The molecule has 3 rings (SSSR count). The van der Waals surface area contributed by atoms with Gasteiger partial charge in [0.2, 0.25) is 10.0 Å². The Morgan fingerprint density at radius 2 is 1.75 bits per heavy atom. The molecule has 1 atom stereocenters. The highest BCUT2D eigenvalue weighted by atomic mass is 32.2. The summed E-state index contributed by atoms with van der Waals surface area (Å²) in [5, 5.41) is 0.380. The van der Waals surface area contributed by atoms with E-state index in [2.05, 4.69) is 12.1 Å². The van der Waals surface area contributed by atoms with Gasteiger partial charge in [0.1, 0.15) is 0 Å². The minimum atomic E-state index is -3.26. The highest BCUT2D eigenvalue weighted by Gasteiger charge is 2.27. The van der Waals surface area contributed by atoms with Crippen LogP contribution in [-0.4, -0.2) is 31.6 Å². The summed E-state index contributed by atoms with van der Waals surface area (Å²) in [6.45, 7) is 3.21. The topological polar surface area (TPSA) is 37.4 Å². The van der Waals surface area contributed by atoms with Gasteiger partial charge in [0.25, 0.3) is 0 Å². The Kier molecular flexibility index (Phi) is 5.64. The van der Waals surface area contributed by atoms with Crippen LogP contribution in [0.4, 0.5) is 0 Å². The molecule has 0 N–H and O–H groups in total. The van der Waals surface area contributed by atoms with E-state index in [-0.39, 0.29) is 5.75 Å². The van der Waals surface area contributed by atoms with Gasteiger partial charge in [0.15, 0.2) is 0 Å². The van der Waals surface area contributed by atoms with Crippen LogP contribution in [0.3, 0.4) is 0 Å². The Labute approximate surface area is 149 Å². The Hall–Kier alpha value is -1.30. The molecule has 0 saturated carbocycles. The van der Waals surface area contributed by atoms with Crippen molar-refractivity contribution >= 4 is 21.8 Å². The first-order chi connectivity index (χ1) is 11.5. The second kappa shape index (κ2) is 7.72. The number of thioether (sulfide) groups is 1. The molecule has 0 spiro atoms. The fraction of sp³-hybridized carbons (Fsp3) is 0.368. The van der Waals surface area contributed by atoms with E-state index in [1.54, 1.807) is 4.31 Å². The highest BCUT2D eigenvalue weighted by Crippen LogP contribution is 2.34. The summed E-state index contributed by atoms with van der Waals surface area (Å²) >= 11 is 1.86. The Morgan fingerprint density at radius 1 is 1.04 bits per heavy atom. The van der Waals surface area contributed by atoms with Crippen LogP contribution in [0.1, 0.15) is 28.4 Å². The molecule has 128 valence electrons. The van der Waals surface area contributed by atoms with Crippen LogP contribution >= 0.6 is 11.8 Å². The first-order valence-corrected chi connectivity index (χ1v) is 10.9. The normalized spacial score (nSPS) is 19.8. The van der Waals surface area contributed by atoms with Crippen LogP contribution < -0.4 is 0 Å². The lowest BCUT2D eigenvalue weighted by Gasteiger charge is -2.20. The standard InChI is InChI=1S/C19H23NO2S2/c1-16-7-9-17(10-8-16)15-24(21,22)20-12-11-19(23-14-13-20)18-5-3-2-4-6-18/h2-10,19H,11-15H2,1H3. The van der Waals surface area contributed by atoms with Crippen molar-refractivity contribution in [3.8, 4) is 0 Å². The molecule has 1 aliphatic rings. The summed E-state index contributed by atoms with van der Waals surface area (Å²) in [6, 6.07) is 18.1. The van der Waals surface area contributed by atoms with E-state index in [1.165, 1.54) is 5.56 Å². The molecule has 0 amide bonds. The molecule has 0 aliphatic carbocycles. The minimum Gasteiger partial charge on any atom is -0.212 e. The van der Waals surface area contributed by atoms with Crippen LogP contribution in [-0.2, 0) is 15.8 Å². The van der Waals surface area contributed by atoms with E-state index >= 15 is 0 Å². The van der Waals surface area contributed by atoms with E-state index in [1.807, 2.05) is 61.2 Å². The molecule has 0 radical (unpaired) electrons. The van der Waals surface area contributed by atoms with Crippen molar-refractivity contribution in [1.82, 2.24) is 4.31 Å². The molecule has 2 aromatic carbocycles. The van der Waals surface area contributed by atoms with Crippen LogP contribution in [0.5, 0.6) is 0 Å². The zero-order valence-corrected chi connectivity index (χ0v) is 15.5. The van der Waals surface area contributed by atoms with E-state index in [9.17, 15) is 8.42 Å². The molecule has 3 nitrogen and oxygen atoms in total. The minimum absolute atomic E-state index is 0.0912. The average molecular weight is 362 g/mol. The van der Waals surface area contributed by atoms with Crippen LogP contribution in [0.2, 0.25) is 0 Å². The van der Waals surface area contributed by atoms with Gasteiger partial charge in [-0.1, -0.05) is 60.2 Å². The summed E-state index contributed by atoms with van der Waals surface area (Å²) < 4.78 is 27.2. The first-order valence-electron chi connectivity index (χ1n) is 8.24. The first kappa shape index (κ1) is 17.5. The molecular formula is C19H23NO2S2. The molecule has 24 heavy (non-hydrogen) atoms. The predicted octanol–water partition coefficient (Wildman–Crippen LogP) is 4.01. The van der Waals surface area contributed by atoms with Gasteiger partial charge < -0.3 is 0 Å². The number of nitrogens with zero attached hydrogens (tertiary/aromatic N) is 1. The predicted molar refractivity (Wildman–Crippen MR) is 102 cm³/mol. The van der Waals surface area contributed by atoms with Crippen molar-refractivity contribution < 1.29 is 8.42 Å². The lowest BCUT2D eigenvalue weighted by Crippen LogP contribution is -2.34. The molecule has 1 unspecified atom stereocenters. The van der Waals surface area contributed by atoms with Gasteiger partial charge in [-0.15, -0.1) is 0 Å². The maximum atomic E-state index is 12.8. The van der Waals surface area contributed by atoms with Crippen molar-refractivity contribution in [2.45, 2.75) is 24.3 Å². The average Bonchev–Trinajstić information content (AvgIpc) is 2.84. The van der Waals surface area contributed by atoms with Gasteiger partial charge >= 0.3 is 0 Å². The molecule has 5 heteroatoms. The third-order valence-electron chi connectivity index (χ3n) is 4.33. The van der Waals surface area contributed by atoms with Gasteiger partial charge in [-0.3, -0.25) is 0 Å². The van der Waals surface area contributed by atoms with E-state index < -0.39 is 10.0 Å². The third-order valence-corrected chi connectivity index (χ3v) is 7.51. The summed E-state index contributed by atoms with van der Waals surface area (Å²) in [7, 11) is -3.26. The van der Waals surface area contributed by atoms with Crippen molar-refractivity contribution in [1.29, 1.82) is 0 Å². The second-order valence-electron chi connectivity index (χ2n) is 6.20. The van der Waals surface area contributed by atoms with E-state index in [0.29, 0.717) is 18.3 Å². The summed E-state index contributed by atoms with van der Waals surface area (Å²) in [5.74, 6) is 0.931. The van der Waals surface area contributed by atoms with Crippen LogP contribution in [0.15, 0.2) is 54.6 Å². The van der Waals surface area contributed by atoms with Crippen LogP contribution in [0, 0.1) is 6.92 Å². The zero-order valence-electron chi connectivity index (χ0n) is 13.9. The summed E-state index contributed by atoms with van der Waals surface area (Å²) in [5.41, 5.74) is 3.30. The largest absolute Gasteiger partial charge is 0.218 e. The summed E-state index contributed by atoms with van der Waals surface area (Å²) in [4.78, 5) is 0. The lowest BCUT2D eigenvalue weighted by molar-refractivity contribution is 0.427. The summed E-state index contributed by atoms with van der Waals surface area (Å²) in [6.07, 6.45) is 0.863. The highest BCUT2D eigenvalue weighted by molar-refractivity contribution is 7.99. The molecule has 1 saturated heterocycles. The Morgan fingerprint density at radius 3 is 2.46 bits per heavy atom. The number of benzene rings is 2. The smallest absolute Gasteiger partial charge is 0.212 e. The SMILES string of the molecule is Cc1ccc(CS(=O)(=O)N2CCSC(c3ccccc3)CC2)cc1. The quantitative estimate of drug-likeness (QED) is 0.826. The number of rotatable bonds is 4. The number of hydrogen-bond acceptors (Lipinski definition) is 3. The fourth-order valence-corrected chi connectivity index (χ4v) is 5.84. The molecular weight excluding hydrogens is 338 g/mol. The maximum absolute atomic E-state index is 12.8. The molecule has 1 fully saturated rings. The Balaban J connectivity index is 1.67. The number of sulfonamides is 1. The number of aryl methyl sites for hydroxylation is 1. The van der Waals surface area contributed by atoms with Gasteiger partial charge in [-0.05, 0) is 24.5 Å². The van der Waals surface area contributed by atoms with Crippen molar-refractivity contribution in [2.75, 3.05) is 18.8 Å². The maximum Gasteiger partial charge on any atom is 0.218 e. The van der Waals surface area contributed by atoms with Crippen molar-refractivity contribution in [3.05, 3.63) is 71.3 Å². The van der Waals surface area contributed by atoms with Crippen molar-refractivity contribution in [3.63, 3.8) is 0 Å². The monoisotopic (exact) mass is 361 g/mol. The third kappa shape index (κ3) is 4.41. The Bertz CT molecular complexity index is 758. The van der Waals surface area contributed by atoms with Gasteiger partial charge in [-0.25, -0.2) is 12.7 Å². The molecule has 1 heterocycles. The fourth-order valence-electron chi connectivity index (χ4n) is 2.95. The molecule has 0 aromatic heterocycles. The second-order valence-corrected chi connectivity index (χ2v) is 9.48. The van der Waals surface area contributed by atoms with Gasteiger partial charge in [0.05, 0.1) is 5.75 Å². The molecule has 2 aromatic rings. The molecule has 1 aliphatic heterocycles.